The van der Waals surface area contributed by atoms with Crippen LogP contribution in [-0.4, -0.2) is 36.2 Å². The Kier molecular flexibility index (Phi) is 4.97. The molecule has 1 aromatic carbocycles. The number of amides is 1. The number of thioether (sulfide) groups is 1. The fraction of sp³-hybridized carbons (Fsp3) is 0.462. The second-order valence-corrected chi connectivity index (χ2v) is 5.52. The first-order valence-corrected chi connectivity index (χ1v) is 7.68. The normalized spacial score (nSPS) is 17.9. The van der Waals surface area contributed by atoms with Crippen LogP contribution in [0, 0.1) is 10.1 Å². The summed E-state index contributed by atoms with van der Waals surface area (Å²) in [5, 5.41) is 17.0. The third kappa shape index (κ3) is 3.49. The van der Waals surface area contributed by atoms with Gasteiger partial charge < -0.3 is 10.6 Å². The largest absolute Gasteiger partial charge is 0.350 e. The van der Waals surface area contributed by atoms with Gasteiger partial charge in [0.25, 0.3) is 11.6 Å². The first-order valence-electron chi connectivity index (χ1n) is 6.46. The number of nitrogens with zero attached hydrogens (tertiary/aromatic N) is 1. The Bertz CT molecular complexity index is 516. The predicted octanol–water partition coefficient (Wildman–Crippen LogP) is 1.80. The molecule has 2 N–H and O–H groups in total. The fourth-order valence-electron chi connectivity index (χ4n) is 2.23. The predicted molar refractivity (Wildman–Crippen MR) is 78.2 cm³/mol. The van der Waals surface area contributed by atoms with Gasteiger partial charge in [-0.15, -0.1) is 11.8 Å². The maximum Gasteiger partial charge on any atom is 0.282 e. The molecule has 1 heterocycles. The number of benzene rings is 1. The minimum absolute atomic E-state index is 0.125. The lowest BCUT2D eigenvalue weighted by atomic mass is 10.1. The van der Waals surface area contributed by atoms with Crippen molar-refractivity contribution in [1.82, 2.24) is 10.6 Å². The van der Waals surface area contributed by atoms with Crippen LogP contribution in [0.1, 0.15) is 23.2 Å². The topological polar surface area (TPSA) is 84.3 Å². The van der Waals surface area contributed by atoms with E-state index in [4.69, 9.17) is 0 Å². The molecule has 0 spiro atoms. The van der Waals surface area contributed by atoms with Gasteiger partial charge >= 0.3 is 0 Å². The molecule has 20 heavy (non-hydrogen) atoms. The van der Waals surface area contributed by atoms with E-state index in [0.717, 1.165) is 24.3 Å². The van der Waals surface area contributed by atoms with Crippen molar-refractivity contribution in [1.29, 1.82) is 0 Å². The van der Waals surface area contributed by atoms with Crippen LogP contribution >= 0.6 is 11.8 Å². The number of hydrogen-bond acceptors (Lipinski definition) is 5. The van der Waals surface area contributed by atoms with Crippen LogP contribution in [0.25, 0.3) is 0 Å². The Morgan fingerprint density at radius 3 is 3.00 bits per heavy atom. The van der Waals surface area contributed by atoms with Crippen LogP contribution in [0.4, 0.5) is 5.69 Å². The average molecular weight is 295 g/mol. The van der Waals surface area contributed by atoms with Gasteiger partial charge in [0.05, 0.1) is 4.92 Å². The smallest absolute Gasteiger partial charge is 0.282 e. The molecule has 7 heteroatoms. The highest BCUT2D eigenvalue weighted by Gasteiger charge is 2.22. The van der Waals surface area contributed by atoms with Gasteiger partial charge in [-0.25, -0.2) is 0 Å². The molecule has 0 radical (unpaired) electrons. The third-order valence-electron chi connectivity index (χ3n) is 3.32. The van der Waals surface area contributed by atoms with E-state index in [1.807, 2.05) is 6.26 Å². The molecule has 0 bridgehead atoms. The van der Waals surface area contributed by atoms with E-state index in [2.05, 4.69) is 10.6 Å². The van der Waals surface area contributed by atoms with Crippen molar-refractivity contribution in [2.45, 2.75) is 23.8 Å². The maximum absolute atomic E-state index is 12.1. The van der Waals surface area contributed by atoms with E-state index in [1.54, 1.807) is 12.1 Å². The Morgan fingerprint density at radius 1 is 1.60 bits per heavy atom. The molecule has 1 aliphatic heterocycles. The van der Waals surface area contributed by atoms with Crippen molar-refractivity contribution < 1.29 is 9.72 Å². The molecule has 1 aliphatic rings. The monoisotopic (exact) mass is 295 g/mol. The summed E-state index contributed by atoms with van der Waals surface area (Å²) in [4.78, 5) is 23.4. The van der Waals surface area contributed by atoms with Gasteiger partial charge in [0.2, 0.25) is 0 Å². The van der Waals surface area contributed by atoms with Crippen molar-refractivity contribution in [2.24, 2.45) is 0 Å². The van der Waals surface area contributed by atoms with Crippen LogP contribution in [-0.2, 0) is 0 Å². The SMILES string of the molecule is CSc1ccc([N+](=O)[O-])c(C(=O)NCC2CCCN2)c1. The zero-order chi connectivity index (χ0) is 14.5. The van der Waals surface area contributed by atoms with E-state index in [0.29, 0.717) is 6.54 Å². The molecule has 0 aliphatic carbocycles. The summed E-state index contributed by atoms with van der Waals surface area (Å²) in [5.74, 6) is -0.388. The summed E-state index contributed by atoms with van der Waals surface area (Å²) in [5.41, 5.74) is -0.0282. The van der Waals surface area contributed by atoms with Crippen LogP contribution in [0.3, 0.4) is 0 Å². The first kappa shape index (κ1) is 14.8. The molecule has 1 saturated heterocycles. The molecule has 1 aromatic rings. The summed E-state index contributed by atoms with van der Waals surface area (Å²) >= 11 is 1.45. The second-order valence-electron chi connectivity index (χ2n) is 4.64. The Morgan fingerprint density at radius 2 is 2.40 bits per heavy atom. The van der Waals surface area contributed by atoms with Gasteiger partial charge in [-0.1, -0.05) is 0 Å². The van der Waals surface area contributed by atoms with Crippen molar-refractivity contribution in [3.8, 4) is 0 Å². The summed E-state index contributed by atoms with van der Waals surface area (Å²) in [6.45, 7) is 1.46. The molecule has 1 amide bonds. The van der Waals surface area contributed by atoms with Crippen molar-refractivity contribution in [3.05, 3.63) is 33.9 Å². The molecule has 1 unspecified atom stereocenters. The quantitative estimate of drug-likeness (QED) is 0.491. The average Bonchev–Trinajstić information content (AvgIpc) is 2.97. The lowest BCUT2D eigenvalue weighted by Gasteiger charge is -2.12. The van der Waals surface area contributed by atoms with E-state index >= 15 is 0 Å². The van der Waals surface area contributed by atoms with Crippen LogP contribution < -0.4 is 10.6 Å². The minimum atomic E-state index is -0.521. The third-order valence-corrected chi connectivity index (χ3v) is 4.04. The molecular formula is C13H17N3O3S. The maximum atomic E-state index is 12.1. The Labute approximate surface area is 121 Å². The van der Waals surface area contributed by atoms with E-state index < -0.39 is 4.92 Å². The van der Waals surface area contributed by atoms with E-state index in [1.165, 1.54) is 17.8 Å². The lowest BCUT2D eigenvalue weighted by Crippen LogP contribution is -2.37. The zero-order valence-corrected chi connectivity index (χ0v) is 12.0. The van der Waals surface area contributed by atoms with Gasteiger partial charge in [-0.3, -0.25) is 14.9 Å². The highest BCUT2D eigenvalue weighted by atomic mass is 32.2. The van der Waals surface area contributed by atoms with Crippen molar-refractivity contribution >= 4 is 23.4 Å². The summed E-state index contributed by atoms with van der Waals surface area (Å²) in [6.07, 6.45) is 3.99. The molecule has 1 fully saturated rings. The molecular weight excluding hydrogens is 278 g/mol. The van der Waals surface area contributed by atoms with Gasteiger partial charge in [-0.05, 0) is 37.8 Å². The number of carbonyl (C=O) groups excluding carboxylic acids is 1. The molecule has 0 aromatic heterocycles. The lowest BCUT2D eigenvalue weighted by molar-refractivity contribution is -0.385. The highest BCUT2D eigenvalue weighted by molar-refractivity contribution is 7.98. The van der Waals surface area contributed by atoms with Crippen molar-refractivity contribution in [2.75, 3.05) is 19.3 Å². The molecule has 0 saturated carbocycles. The van der Waals surface area contributed by atoms with E-state index in [9.17, 15) is 14.9 Å². The molecule has 108 valence electrons. The van der Waals surface area contributed by atoms with Gasteiger partial charge in [0, 0.05) is 23.5 Å². The molecule has 2 rings (SSSR count). The Hall–Kier alpha value is -1.60. The van der Waals surface area contributed by atoms with Crippen molar-refractivity contribution in [3.63, 3.8) is 0 Å². The highest BCUT2D eigenvalue weighted by Crippen LogP contribution is 2.24. The number of rotatable bonds is 5. The van der Waals surface area contributed by atoms with E-state index in [-0.39, 0.29) is 23.2 Å². The van der Waals surface area contributed by atoms with Crippen LogP contribution in [0.5, 0.6) is 0 Å². The van der Waals surface area contributed by atoms with Crippen LogP contribution in [0.2, 0.25) is 0 Å². The number of carbonyl (C=O) groups is 1. The first-order chi connectivity index (χ1) is 9.61. The molecule has 1 atom stereocenters. The number of nitrogens with one attached hydrogen (secondary N) is 2. The van der Waals surface area contributed by atoms with Gasteiger partial charge in [-0.2, -0.15) is 0 Å². The minimum Gasteiger partial charge on any atom is -0.350 e. The number of nitro benzene ring substituents is 1. The summed E-state index contributed by atoms with van der Waals surface area (Å²) < 4.78 is 0. The fourth-order valence-corrected chi connectivity index (χ4v) is 2.67. The standard InChI is InChI=1S/C13H17N3O3S/c1-20-10-4-5-12(16(18)19)11(7-10)13(17)15-8-9-3-2-6-14-9/h4-5,7,9,14H,2-3,6,8H2,1H3,(H,15,17). The van der Waals surface area contributed by atoms with Gasteiger partial charge in [0.1, 0.15) is 5.56 Å². The van der Waals surface area contributed by atoms with Gasteiger partial charge in [0.15, 0.2) is 0 Å². The summed E-state index contributed by atoms with van der Waals surface area (Å²) in [7, 11) is 0. The summed E-state index contributed by atoms with van der Waals surface area (Å²) in [6, 6.07) is 4.87. The second kappa shape index (κ2) is 6.71. The van der Waals surface area contributed by atoms with Crippen LogP contribution in [0.15, 0.2) is 23.1 Å². The zero-order valence-electron chi connectivity index (χ0n) is 11.2. The number of hydrogen-bond donors (Lipinski definition) is 2. The molecule has 6 nitrogen and oxygen atoms in total. The Balaban J connectivity index is 2.11. The number of nitro groups is 1.